The van der Waals surface area contributed by atoms with Gasteiger partial charge in [0.25, 0.3) is 0 Å². The van der Waals surface area contributed by atoms with Gasteiger partial charge in [-0.25, -0.2) is 12.8 Å². The Morgan fingerprint density at radius 1 is 1.38 bits per heavy atom. The molecule has 1 aromatic rings. The monoisotopic (exact) mass is 258 g/mol. The van der Waals surface area contributed by atoms with E-state index in [0.29, 0.717) is 5.76 Å². The minimum Gasteiger partial charge on any atom is -0.467 e. The second-order valence-corrected chi connectivity index (χ2v) is 3.38. The molecule has 0 bridgehead atoms. The van der Waals surface area contributed by atoms with Gasteiger partial charge in [-0.05, 0) is 18.6 Å². The van der Waals surface area contributed by atoms with E-state index >= 15 is 0 Å². The summed E-state index contributed by atoms with van der Waals surface area (Å²) in [6, 6.07) is 3.60. The first-order valence-electron chi connectivity index (χ1n) is 5.56. The Labute approximate surface area is 114 Å². The fourth-order valence-corrected chi connectivity index (χ4v) is 1.02. The van der Waals surface area contributed by atoms with E-state index in [1.807, 2.05) is 0 Å². The van der Waals surface area contributed by atoms with Crippen molar-refractivity contribution in [2.24, 2.45) is 0 Å². The molecule has 0 aliphatic heterocycles. The Bertz CT molecular complexity index is 208. The summed E-state index contributed by atoms with van der Waals surface area (Å²) in [7, 11) is 0. The van der Waals surface area contributed by atoms with E-state index in [1.54, 1.807) is 18.4 Å². The fraction of sp³-hybridized carbons (Fsp3) is 0.538. The Balaban J connectivity index is 0. The molecule has 1 heterocycles. The minimum atomic E-state index is -0.412. The summed E-state index contributed by atoms with van der Waals surface area (Å²) in [5.74, 6) is 0.679. The predicted molar refractivity (Wildman–Crippen MR) is 63.1 cm³/mol. The molecule has 0 amide bonds. The Morgan fingerprint density at radius 3 is 2.38 bits per heavy atom. The molecule has 1 atom stereocenters. The van der Waals surface area contributed by atoms with Gasteiger partial charge in [-0.3, -0.25) is 0 Å². The summed E-state index contributed by atoms with van der Waals surface area (Å²) < 4.78 is 5.04. The number of hydrogen-bond acceptors (Lipinski definition) is 2. The molecule has 0 fully saturated rings. The molecule has 0 saturated heterocycles. The van der Waals surface area contributed by atoms with E-state index in [-0.39, 0.29) is 21.7 Å². The maximum Gasteiger partial charge on any atom is 2.00 e. The van der Waals surface area contributed by atoms with Crippen molar-refractivity contribution in [1.82, 2.24) is 0 Å². The zero-order valence-electron chi connectivity index (χ0n) is 10.1. The van der Waals surface area contributed by atoms with Gasteiger partial charge in [0.2, 0.25) is 0 Å². The van der Waals surface area contributed by atoms with E-state index in [2.05, 4.69) is 20.8 Å². The zero-order chi connectivity index (χ0) is 11.5. The molecule has 0 radical (unpaired) electrons. The van der Waals surface area contributed by atoms with Gasteiger partial charge in [-0.1, -0.05) is 19.8 Å². The largest absolute Gasteiger partial charge is 2.00 e. The summed E-state index contributed by atoms with van der Waals surface area (Å²) in [6.45, 7) is 9.19. The minimum absolute atomic E-state index is 0. The molecule has 0 aliphatic rings. The van der Waals surface area contributed by atoms with Crippen molar-refractivity contribution in [3.05, 3.63) is 38.0 Å². The van der Waals surface area contributed by atoms with Crippen LogP contribution in [0.2, 0.25) is 0 Å². The van der Waals surface area contributed by atoms with Gasteiger partial charge in [0.05, 0.1) is 6.26 Å². The number of unbranched alkanes of at least 4 members (excludes halogenated alkanes) is 2. The van der Waals surface area contributed by atoms with E-state index in [1.165, 1.54) is 0 Å². The molecular weight excluding hydrogens is 236 g/mol. The van der Waals surface area contributed by atoms with Crippen LogP contribution in [0.3, 0.4) is 0 Å². The Hall–Kier alpha value is -0.0457. The number of furan rings is 1. The third-order valence-corrected chi connectivity index (χ3v) is 1.95. The third-order valence-electron chi connectivity index (χ3n) is 1.95. The average Bonchev–Trinajstić information content (AvgIpc) is 2.79. The van der Waals surface area contributed by atoms with Crippen LogP contribution in [0.5, 0.6) is 0 Å². The molecule has 1 unspecified atom stereocenters. The molecule has 1 aromatic heterocycles. The van der Waals surface area contributed by atoms with Crippen molar-refractivity contribution < 1.29 is 31.2 Å². The van der Waals surface area contributed by atoms with E-state index in [0.717, 1.165) is 32.1 Å². The van der Waals surface area contributed by atoms with Crippen molar-refractivity contribution in [2.45, 2.75) is 45.1 Å². The Morgan fingerprint density at radius 2 is 2.00 bits per heavy atom. The number of hydrogen-bond donors (Lipinski definition) is 1. The molecule has 2 nitrogen and oxygen atoms in total. The Kier molecular flexibility index (Phi) is 14.9. The van der Waals surface area contributed by atoms with Gasteiger partial charge < -0.3 is 23.4 Å². The van der Waals surface area contributed by atoms with E-state index in [4.69, 9.17) is 4.42 Å². The molecule has 16 heavy (non-hydrogen) atoms. The molecule has 0 aliphatic carbocycles. The quantitative estimate of drug-likeness (QED) is 0.641. The van der Waals surface area contributed by atoms with Gasteiger partial charge in [-0.15, -0.1) is 0 Å². The molecule has 0 saturated carbocycles. The molecule has 0 spiro atoms. The van der Waals surface area contributed by atoms with Crippen LogP contribution >= 0.6 is 0 Å². The van der Waals surface area contributed by atoms with Gasteiger partial charge >= 0.3 is 21.7 Å². The SMILES string of the molecule is CCCCC(O)c1ccco1.[CH2-]CC[CH2-].[Ti+2]. The van der Waals surface area contributed by atoms with Crippen LogP contribution in [0.1, 0.15) is 50.9 Å². The summed E-state index contributed by atoms with van der Waals surface area (Å²) in [6.07, 6.45) is 6.04. The zero-order valence-corrected chi connectivity index (χ0v) is 11.7. The van der Waals surface area contributed by atoms with Crippen LogP contribution in [-0.4, -0.2) is 5.11 Å². The standard InChI is InChI=1S/C9H14O2.C4H8.Ti/c1-2-3-5-8(10)9-6-4-7-11-9;1-3-4-2;/h4,6-8,10H,2-3,5H2,1H3;1-4H2;/q;-2;+2. The first-order valence-corrected chi connectivity index (χ1v) is 5.56. The van der Waals surface area contributed by atoms with Gasteiger partial charge in [0.15, 0.2) is 0 Å². The van der Waals surface area contributed by atoms with Crippen molar-refractivity contribution in [1.29, 1.82) is 0 Å². The second kappa shape index (κ2) is 13.0. The predicted octanol–water partition coefficient (Wildman–Crippen LogP) is 3.94. The number of aliphatic hydroxyl groups is 1. The summed E-state index contributed by atoms with van der Waals surface area (Å²) in [5, 5.41) is 9.45. The van der Waals surface area contributed by atoms with Crippen molar-refractivity contribution >= 4 is 0 Å². The van der Waals surface area contributed by atoms with Crippen LogP contribution in [0.4, 0.5) is 0 Å². The summed E-state index contributed by atoms with van der Waals surface area (Å²) in [4.78, 5) is 0. The maximum atomic E-state index is 9.45. The summed E-state index contributed by atoms with van der Waals surface area (Å²) >= 11 is 0. The topological polar surface area (TPSA) is 33.4 Å². The number of aliphatic hydroxyl groups excluding tert-OH is 1. The normalized spacial score (nSPS) is 11.0. The smallest absolute Gasteiger partial charge is 0.467 e. The van der Waals surface area contributed by atoms with Gasteiger partial charge in [-0.2, -0.15) is 0 Å². The maximum absolute atomic E-state index is 9.45. The first-order chi connectivity index (χ1) is 7.26. The number of rotatable bonds is 5. The second-order valence-electron chi connectivity index (χ2n) is 3.38. The van der Waals surface area contributed by atoms with Crippen LogP contribution in [0.25, 0.3) is 0 Å². The van der Waals surface area contributed by atoms with Gasteiger partial charge in [0.1, 0.15) is 11.9 Å². The van der Waals surface area contributed by atoms with Crippen LogP contribution in [-0.2, 0) is 21.7 Å². The van der Waals surface area contributed by atoms with Crippen LogP contribution < -0.4 is 0 Å². The molecule has 90 valence electrons. The van der Waals surface area contributed by atoms with Crippen LogP contribution in [0, 0.1) is 13.8 Å². The van der Waals surface area contributed by atoms with Gasteiger partial charge in [0, 0.05) is 0 Å². The molecule has 0 aromatic carbocycles. The fourth-order valence-electron chi connectivity index (χ4n) is 1.02. The van der Waals surface area contributed by atoms with Crippen molar-refractivity contribution in [3.63, 3.8) is 0 Å². The van der Waals surface area contributed by atoms with Crippen molar-refractivity contribution in [3.8, 4) is 0 Å². The molecular formula is C13H22O2Ti. The van der Waals surface area contributed by atoms with Crippen LogP contribution in [0.15, 0.2) is 22.8 Å². The third kappa shape index (κ3) is 9.20. The van der Waals surface area contributed by atoms with E-state index < -0.39 is 6.10 Å². The molecule has 3 heteroatoms. The molecule has 1 N–H and O–H groups in total. The first kappa shape index (κ1) is 18.3. The average molecular weight is 258 g/mol. The van der Waals surface area contributed by atoms with E-state index in [9.17, 15) is 5.11 Å². The summed E-state index contributed by atoms with van der Waals surface area (Å²) in [5.41, 5.74) is 0. The molecule has 1 rings (SSSR count). The van der Waals surface area contributed by atoms with Crippen molar-refractivity contribution in [2.75, 3.05) is 0 Å².